The van der Waals surface area contributed by atoms with Gasteiger partial charge in [-0.3, -0.25) is 19.1 Å². The molecule has 3 amide bonds. The number of nitrogens with zero attached hydrogens (tertiary/aromatic N) is 2. The molecule has 0 saturated heterocycles. The van der Waals surface area contributed by atoms with Crippen LogP contribution in [0, 0.1) is 0 Å². The fourth-order valence-corrected chi connectivity index (χ4v) is 4.24. The van der Waals surface area contributed by atoms with Crippen molar-refractivity contribution >= 4 is 29.5 Å². The molecular weight excluding hydrogens is 421 g/mol. The van der Waals surface area contributed by atoms with Crippen LogP contribution in [0.5, 0.6) is 0 Å². The molecule has 2 aliphatic carbocycles. The Morgan fingerprint density at radius 1 is 1.19 bits per heavy atom. The van der Waals surface area contributed by atoms with E-state index in [9.17, 15) is 19.2 Å². The average molecular weight is 451 g/mol. The molecule has 0 radical (unpaired) electrons. The SMILES string of the molecule is CCOC(=O)N[C@H](CC1(F)CCCC1)C(=O)NC1(C(=O)C(=O)Nc2ccn(C)n2)CCC1. The van der Waals surface area contributed by atoms with Gasteiger partial charge in [0.25, 0.3) is 5.91 Å². The zero-order valence-corrected chi connectivity index (χ0v) is 18.4. The summed E-state index contributed by atoms with van der Waals surface area (Å²) >= 11 is 0. The van der Waals surface area contributed by atoms with Crippen LogP contribution in [0.25, 0.3) is 0 Å². The maximum absolute atomic E-state index is 15.1. The van der Waals surface area contributed by atoms with Crippen LogP contribution in [0.15, 0.2) is 12.3 Å². The number of hydrogen-bond acceptors (Lipinski definition) is 6. The number of ketones is 1. The first-order valence-corrected chi connectivity index (χ1v) is 11.0. The van der Waals surface area contributed by atoms with Gasteiger partial charge in [-0.2, -0.15) is 5.10 Å². The summed E-state index contributed by atoms with van der Waals surface area (Å²) in [5.41, 5.74) is -2.96. The molecular formula is C21H30FN5O5. The molecule has 176 valence electrons. The lowest BCUT2D eigenvalue weighted by atomic mass is 9.73. The predicted molar refractivity (Wildman–Crippen MR) is 112 cm³/mol. The Kier molecular flexibility index (Phi) is 7.15. The summed E-state index contributed by atoms with van der Waals surface area (Å²) in [4.78, 5) is 50.4. The molecule has 2 aliphatic rings. The zero-order chi connectivity index (χ0) is 23.4. The van der Waals surface area contributed by atoms with E-state index in [-0.39, 0.29) is 31.7 Å². The molecule has 1 aromatic rings. The molecule has 0 unspecified atom stereocenters. The molecule has 3 rings (SSSR count). The Hall–Kier alpha value is -2.98. The fraction of sp³-hybridized carbons (Fsp3) is 0.667. The highest BCUT2D eigenvalue weighted by atomic mass is 19.1. The second-order valence-corrected chi connectivity index (χ2v) is 8.56. The Morgan fingerprint density at radius 3 is 2.41 bits per heavy atom. The maximum Gasteiger partial charge on any atom is 0.407 e. The molecule has 0 aromatic carbocycles. The number of carbonyl (C=O) groups is 4. The van der Waals surface area contributed by atoms with Crippen LogP contribution in [0.4, 0.5) is 15.0 Å². The number of aryl methyl sites for hydroxylation is 1. The molecule has 32 heavy (non-hydrogen) atoms. The molecule has 3 N–H and O–H groups in total. The number of amides is 3. The largest absolute Gasteiger partial charge is 0.450 e. The number of rotatable bonds is 9. The van der Waals surface area contributed by atoms with Crippen molar-refractivity contribution < 1.29 is 28.3 Å². The summed E-state index contributed by atoms with van der Waals surface area (Å²) in [7, 11) is 1.67. The number of Topliss-reactive ketones (excluding diaryl/α,β-unsaturated/α-hetero) is 1. The lowest BCUT2D eigenvalue weighted by Gasteiger charge is -2.41. The van der Waals surface area contributed by atoms with Crippen molar-refractivity contribution in [2.75, 3.05) is 11.9 Å². The minimum Gasteiger partial charge on any atom is -0.450 e. The Labute approximate surface area is 185 Å². The number of alkyl carbamates (subject to hydrolysis) is 1. The Morgan fingerprint density at radius 2 is 1.88 bits per heavy atom. The van der Waals surface area contributed by atoms with Gasteiger partial charge in [0.15, 0.2) is 5.82 Å². The fourth-order valence-electron chi connectivity index (χ4n) is 4.24. The average Bonchev–Trinajstić information content (AvgIpc) is 3.31. The molecule has 2 saturated carbocycles. The van der Waals surface area contributed by atoms with Crippen molar-refractivity contribution in [2.24, 2.45) is 7.05 Å². The number of anilines is 1. The van der Waals surface area contributed by atoms with Crippen LogP contribution < -0.4 is 16.0 Å². The van der Waals surface area contributed by atoms with Gasteiger partial charge in [-0.1, -0.05) is 12.8 Å². The van der Waals surface area contributed by atoms with E-state index in [1.807, 2.05) is 0 Å². The number of hydrogen-bond donors (Lipinski definition) is 3. The highest BCUT2D eigenvalue weighted by Gasteiger charge is 2.50. The monoisotopic (exact) mass is 451 g/mol. The molecule has 10 nitrogen and oxygen atoms in total. The standard InChI is InChI=1S/C21H30FN5O5/c1-3-32-19(31)23-14(13-20(22)8-4-5-9-20)17(29)25-21(10-6-11-21)16(28)18(30)24-15-7-12-27(2)26-15/h7,12,14H,3-6,8-11,13H2,1-2H3,(H,23,31)(H,25,29)(H,24,26,30)/t14-/m1/s1. The van der Waals surface area contributed by atoms with Crippen LogP contribution in [0.1, 0.15) is 58.3 Å². The number of ether oxygens (including phenoxy) is 1. The van der Waals surface area contributed by atoms with Crippen molar-refractivity contribution in [1.82, 2.24) is 20.4 Å². The summed E-state index contributed by atoms with van der Waals surface area (Å²) in [6.07, 6.45) is 3.78. The van der Waals surface area contributed by atoms with Gasteiger partial charge in [-0.05, 0) is 39.0 Å². The van der Waals surface area contributed by atoms with Crippen molar-refractivity contribution in [3.05, 3.63) is 12.3 Å². The summed E-state index contributed by atoms with van der Waals surface area (Å²) in [6, 6.07) is 0.319. The second-order valence-electron chi connectivity index (χ2n) is 8.56. The smallest absolute Gasteiger partial charge is 0.407 e. The van der Waals surface area contributed by atoms with E-state index in [0.717, 1.165) is 0 Å². The van der Waals surface area contributed by atoms with Gasteiger partial charge in [-0.15, -0.1) is 0 Å². The molecule has 1 aromatic heterocycles. The van der Waals surface area contributed by atoms with Gasteiger partial charge in [0.05, 0.1) is 6.61 Å². The quantitative estimate of drug-likeness (QED) is 0.490. The maximum atomic E-state index is 15.1. The van der Waals surface area contributed by atoms with Crippen LogP contribution in [-0.2, 0) is 26.2 Å². The van der Waals surface area contributed by atoms with E-state index in [2.05, 4.69) is 21.0 Å². The van der Waals surface area contributed by atoms with E-state index in [1.165, 1.54) is 4.68 Å². The van der Waals surface area contributed by atoms with E-state index in [4.69, 9.17) is 4.74 Å². The highest BCUT2D eigenvalue weighted by molar-refractivity contribution is 6.44. The predicted octanol–water partition coefficient (Wildman–Crippen LogP) is 1.75. The van der Waals surface area contributed by atoms with Crippen LogP contribution >= 0.6 is 0 Å². The van der Waals surface area contributed by atoms with E-state index >= 15 is 4.39 Å². The van der Waals surface area contributed by atoms with Gasteiger partial charge < -0.3 is 20.7 Å². The minimum absolute atomic E-state index is 0.0943. The van der Waals surface area contributed by atoms with Gasteiger partial charge >= 0.3 is 6.09 Å². The number of aromatic nitrogens is 2. The van der Waals surface area contributed by atoms with Crippen LogP contribution in [-0.4, -0.2) is 57.3 Å². The number of carbonyl (C=O) groups excluding carboxylic acids is 4. The van der Waals surface area contributed by atoms with E-state index < -0.39 is 40.9 Å². The van der Waals surface area contributed by atoms with Crippen LogP contribution in [0.3, 0.4) is 0 Å². The third-order valence-electron chi connectivity index (χ3n) is 6.12. The third kappa shape index (κ3) is 5.43. The van der Waals surface area contributed by atoms with Gasteiger partial charge in [0.2, 0.25) is 11.7 Å². The van der Waals surface area contributed by atoms with Crippen molar-refractivity contribution in [1.29, 1.82) is 0 Å². The number of halogens is 1. The summed E-state index contributed by atoms with van der Waals surface area (Å²) in [5.74, 6) is -2.18. The first-order chi connectivity index (χ1) is 15.2. The Balaban J connectivity index is 1.70. The molecule has 0 spiro atoms. The van der Waals surface area contributed by atoms with Crippen molar-refractivity contribution in [2.45, 2.75) is 75.5 Å². The molecule has 2 fully saturated rings. The lowest BCUT2D eigenvalue weighted by molar-refractivity contribution is -0.144. The van der Waals surface area contributed by atoms with Crippen LogP contribution in [0.2, 0.25) is 0 Å². The molecule has 0 bridgehead atoms. The summed E-state index contributed by atoms with van der Waals surface area (Å²) in [5, 5.41) is 11.5. The first kappa shape index (κ1) is 23.7. The third-order valence-corrected chi connectivity index (χ3v) is 6.12. The normalized spacial score (nSPS) is 19.3. The van der Waals surface area contributed by atoms with Crippen molar-refractivity contribution in [3.63, 3.8) is 0 Å². The first-order valence-electron chi connectivity index (χ1n) is 11.0. The van der Waals surface area contributed by atoms with Gasteiger partial charge in [0.1, 0.15) is 17.2 Å². The Bertz CT molecular complexity index is 876. The highest BCUT2D eigenvalue weighted by Crippen LogP contribution is 2.38. The summed E-state index contributed by atoms with van der Waals surface area (Å²) < 4.78 is 21.4. The van der Waals surface area contributed by atoms with Gasteiger partial charge in [-0.25, -0.2) is 9.18 Å². The molecule has 11 heteroatoms. The lowest BCUT2D eigenvalue weighted by Crippen LogP contribution is -2.65. The number of nitrogens with one attached hydrogen (secondary N) is 3. The van der Waals surface area contributed by atoms with Gasteiger partial charge in [0, 0.05) is 25.7 Å². The van der Waals surface area contributed by atoms with E-state index in [0.29, 0.717) is 32.1 Å². The molecule has 1 heterocycles. The molecule has 1 atom stereocenters. The minimum atomic E-state index is -1.57. The number of alkyl halides is 1. The van der Waals surface area contributed by atoms with Crippen molar-refractivity contribution in [3.8, 4) is 0 Å². The topological polar surface area (TPSA) is 131 Å². The summed E-state index contributed by atoms with van der Waals surface area (Å²) in [6.45, 7) is 1.71. The van der Waals surface area contributed by atoms with E-state index in [1.54, 1.807) is 26.2 Å². The molecule has 0 aliphatic heterocycles. The second kappa shape index (κ2) is 9.66. The zero-order valence-electron chi connectivity index (χ0n) is 18.4.